The molecule has 162 valence electrons. The van der Waals surface area contributed by atoms with E-state index in [1.165, 1.54) is 12.3 Å². The number of benzene rings is 1. The van der Waals surface area contributed by atoms with Gasteiger partial charge in [0.15, 0.2) is 17.3 Å². The van der Waals surface area contributed by atoms with Crippen molar-refractivity contribution in [1.82, 2.24) is 14.8 Å². The molecule has 0 unspecified atom stereocenters. The SMILES string of the molecule is O=C1CO[C@H]2CCN(C(=O)N3CC(c4ccc(Oc5ccncc5F)cc4)C3)C[C@H]2C1. The van der Waals surface area contributed by atoms with E-state index in [0.717, 1.165) is 18.2 Å². The molecule has 1 aromatic carbocycles. The van der Waals surface area contributed by atoms with E-state index in [4.69, 9.17) is 9.47 Å². The van der Waals surface area contributed by atoms with E-state index in [9.17, 15) is 14.0 Å². The molecule has 3 fully saturated rings. The lowest BCUT2D eigenvalue weighted by atomic mass is 9.87. The minimum absolute atomic E-state index is 0.0424. The number of carbonyl (C=O) groups is 2. The predicted molar refractivity (Wildman–Crippen MR) is 109 cm³/mol. The third-order valence-electron chi connectivity index (χ3n) is 6.35. The van der Waals surface area contributed by atoms with Crippen molar-refractivity contribution in [3.63, 3.8) is 0 Å². The first-order chi connectivity index (χ1) is 15.1. The van der Waals surface area contributed by atoms with Crippen LogP contribution in [0, 0.1) is 11.7 Å². The average molecular weight is 425 g/mol. The Labute approximate surface area is 179 Å². The van der Waals surface area contributed by atoms with Crippen LogP contribution >= 0.6 is 0 Å². The molecule has 0 spiro atoms. The summed E-state index contributed by atoms with van der Waals surface area (Å²) in [5, 5.41) is 0. The lowest BCUT2D eigenvalue weighted by molar-refractivity contribution is -0.140. The molecule has 0 aliphatic carbocycles. The highest BCUT2D eigenvalue weighted by atomic mass is 19.1. The Balaban J connectivity index is 1.14. The van der Waals surface area contributed by atoms with Crippen molar-refractivity contribution in [1.29, 1.82) is 0 Å². The third kappa shape index (κ3) is 4.12. The zero-order valence-electron chi connectivity index (χ0n) is 17.1. The highest BCUT2D eigenvalue weighted by Crippen LogP contribution is 2.33. The number of rotatable bonds is 3. The lowest BCUT2D eigenvalue weighted by Gasteiger charge is -2.46. The molecule has 2 amide bonds. The lowest BCUT2D eigenvalue weighted by Crippen LogP contribution is -2.58. The van der Waals surface area contributed by atoms with Gasteiger partial charge in [-0.05, 0) is 24.1 Å². The van der Waals surface area contributed by atoms with Crippen LogP contribution in [0.3, 0.4) is 0 Å². The fraction of sp³-hybridized carbons (Fsp3) is 0.435. The Hall–Kier alpha value is -3.00. The largest absolute Gasteiger partial charge is 0.454 e. The van der Waals surface area contributed by atoms with Gasteiger partial charge in [-0.1, -0.05) is 12.1 Å². The molecule has 4 heterocycles. The Morgan fingerprint density at radius 2 is 1.94 bits per heavy atom. The van der Waals surface area contributed by atoms with Crippen LogP contribution in [-0.2, 0) is 9.53 Å². The number of amides is 2. The number of likely N-dealkylation sites (tertiary alicyclic amines) is 2. The van der Waals surface area contributed by atoms with Crippen LogP contribution in [0.5, 0.6) is 11.5 Å². The van der Waals surface area contributed by atoms with Gasteiger partial charge in [-0.3, -0.25) is 9.78 Å². The highest BCUT2D eigenvalue weighted by Gasteiger charge is 2.40. The van der Waals surface area contributed by atoms with Crippen molar-refractivity contribution in [2.75, 3.05) is 32.8 Å². The van der Waals surface area contributed by atoms with Gasteiger partial charge in [0.05, 0.1) is 12.3 Å². The van der Waals surface area contributed by atoms with E-state index in [1.807, 2.05) is 34.1 Å². The molecule has 0 N–H and O–H groups in total. The van der Waals surface area contributed by atoms with Crippen LogP contribution in [0.1, 0.15) is 24.3 Å². The maximum atomic E-state index is 13.7. The number of hydrogen-bond acceptors (Lipinski definition) is 5. The summed E-state index contributed by atoms with van der Waals surface area (Å²) < 4.78 is 24.9. The van der Waals surface area contributed by atoms with Crippen molar-refractivity contribution in [3.8, 4) is 11.5 Å². The molecule has 0 bridgehead atoms. The smallest absolute Gasteiger partial charge is 0.320 e. The molecule has 2 atom stereocenters. The zero-order valence-corrected chi connectivity index (χ0v) is 17.1. The van der Waals surface area contributed by atoms with Crippen LogP contribution < -0.4 is 4.74 Å². The zero-order chi connectivity index (χ0) is 21.4. The number of halogens is 1. The third-order valence-corrected chi connectivity index (χ3v) is 6.35. The number of nitrogens with zero attached hydrogens (tertiary/aromatic N) is 3. The molecule has 8 heteroatoms. The van der Waals surface area contributed by atoms with Gasteiger partial charge >= 0.3 is 6.03 Å². The van der Waals surface area contributed by atoms with Gasteiger partial charge in [0, 0.05) is 56.7 Å². The first kappa shape index (κ1) is 19.9. The van der Waals surface area contributed by atoms with Crippen molar-refractivity contribution >= 4 is 11.8 Å². The second-order valence-electron chi connectivity index (χ2n) is 8.45. The summed E-state index contributed by atoms with van der Waals surface area (Å²) in [4.78, 5) is 32.0. The van der Waals surface area contributed by atoms with Crippen LogP contribution in [0.4, 0.5) is 9.18 Å². The van der Waals surface area contributed by atoms with E-state index in [1.54, 1.807) is 0 Å². The summed E-state index contributed by atoms with van der Waals surface area (Å²) in [6.45, 7) is 2.81. The fourth-order valence-corrected chi connectivity index (χ4v) is 4.58. The first-order valence-electron chi connectivity index (χ1n) is 10.6. The van der Waals surface area contributed by atoms with E-state index in [-0.39, 0.29) is 42.1 Å². The maximum Gasteiger partial charge on any atom is 0.320 e. The normalized spacial score (nSPS) is 23.8. The van der Waals surface area contributed by atoms with Crippen LogP contribution in [-0.4, -0.2) is 65.5 Å². The molecular weight excluding hydrogens is 401 g/mol. The molecule has 0 radical (unpaired) electrons. The van der Waals surface area contributed by atoms with Crippen molar-refractivity contribution in [2.24, 2.45) is 5.92 Å². The predicted octanol–water partition coefficient (Wildman–Crippen LogP) is 3.21. The summed E-state index contributed by atoms with van der Waals surface area (Å²) in [5.74, 6) is 0.693. The summed E-state index contributed by atoms with van der Waals surface area (Å²) >= 11 is 0. The molecule has 2 aromatic rings. The fourth-order valence-electron chi connectivity index (χ4n) is 4.58. The molecule has 3 aliphatic rings. The number of ketones is 1. The number of pyridine rings is 1. The van der Waals surface area contributed by atoms with E-state index in [2.05, 4.69) is 4.98 Å². The van der Waals surface area contributed by atoms with Gasteiger partial charge in [-0.25, -0.2) is 9.18 Å². The molecular formula is C23H24FN3O4. The first-order valence-corrected chi connectivity index (χ1v) is 10.6. The monoisotopic (exact) mass is 425 g/mol. The van der Waals surface area contributed by atoms with Crippen LogP contribution in [0.25, 0.3) is 0 Å². The second-order valence-corrected chi connectivity index (χ2v) is 8.45. The molecule has 1 aromatic heterocycles. The molecule has 3 saturated heterocycles. The number of hydrogen-bond donors (Lipinski definition) is 0. The molecule has 31 heavy (non-hydrogen) atoms. The standard InChI is InChI=1S/C23H24FN3O4/c24-20-10-25-7-5-22(20)31-19-3-1-15(2-4-19)17-12-27(13-17)23(29)26-8-6-21-16(11-26)9-18(28)14-30-21/h1-5,7,10,16-17,21H,6,8-9,11-14H2/t16-,21+/m1/s1. The minimum atomic E-state index is -0.507. The van der Waals surface area contributed by atoms with Gasteiger partial charge < -0.3 is 19.3 Å². The number of urea groups is 1. The number of aromatic nitrogens is 1. The molecule has 7 nitrogen and oxygen atoms in total. The van der Waals surface area contributed by atoms with Gasteiger partial charge in [0.1, 0.15) is 12.4 Å². The van der Waals surface area contributed by atoms with Gasteiger partial charge in [-0.2, -0.15) is 0 Å². The number of piperidine rings is 1. The summed E-state index contributed by atoms with van der Waals surface area (Å²) in [7, 11) is 0. The van der Waals surface area contributed by atoms with E-state index < -0.39 is 5.82 Å². The van der Waals surface area contributed by atoms with Crippen LogP contribution in [0.15, 0.2) is 42.7 Å². The highest BCUT2D eigenvalue weighted by molar-refractivity contribution is 5.81. The Morgan fingerprint density at radius 1 is 1.13 bits per heavy atom. The topological polar surface area (TPSA) is 72.0 Å². The average Bonchev–Trinajstić information content (AvgIpc) is 2.75. The van der Waals surface area contributed by atoms with Crippen LogP contribution in [0.2, 0.25) is 0 Å². The Kier molecular flexibility index (Phi) is 5.31. The Bertz CT molecular complexity index is 977. The number of fused-ring (bicyclic) bond motifs is 1. The summed E-state index contributed by atoms with van der Waals surface area (Å²) in [6, 6.07) is 9.06. The Morgan fingerprint density at radius 3 is 2.71 bits per heavy atom. The van der Waals surface area contributed by atoms with Crippen molar-refractivity contribution < 1.29 is 23.5 Å². The van der Waals surface area contributed by atoms with Gasteiger partial charge in [0.25, 0.3) is 0 Å². The van der Waals surface area contributed by atoms with Gasteiger partial charge in [-0.15, -0.1) is 0 Å². The van der Waals surface area contributed by atoms with E-state index >= 15 is 0 Å². The maximum absolute atomic E-state index is 13.7. The molecule has 5 rings (SSSR count). The van der Waals surface area contributed by atoms with E-state index in [0.29, 0.717) is 38.3 Å². The summed E-state index contributed by atoms with van der Waals surface area (Å²) in [6.07, 6.45) is 4.00. The number of Topliss-reactive ketones (excluding diaryl/α,β-unsaturated/α-hetero) is 1. The summed E-state index contributed by atoms with van der Waals surface area (Å²) in [5.41, 5.74) is 1.12. The quantitative estimate of drug-likeness (QED) is 0.755. The van der Waals surface area contributed by atoms with Crippen molar-refractivity contribution in [2.45, 2.75) is 24.9 Å². The molecule has 3 aliphatic heterocycles. The van der Waals surface area contributed by atoms with Crippen molar-refractivity contribution in [3.05, 3.63) is 54.1 Å². The number of carbonyl (C=O) groups excluding carboxylic acids is 2. The van der Waals surface area contributed by atoms with Gasteiger partial charge in [0.2, 0.25) is 0 Å². The minimum Gasteiger partial charge on any atom is -0.454 e. The molecule has 0 saturated carbocycles. The second kappa shape index (κ2) is 8.26. The number of ether oxygens (including phenoxy) is 2.